The minimum absolute atomic E-state index is 0.0257. The minimum atomic E-state index is -0.349. The minimum Gasteiger partial charge on any atom is -0.391 e. The van der Waals surface area contributed by atoms with Crippen LogP contribution >= 0.6 is 11.6 Å². The molecular formula is C16H26ClN3O. The van der Waals surface area contributed by atoms with Gasteiger partial charge in [-0.05, 0) is 45.7 Å². The van der Waals surface area contributed by atoms with Gasteiger partial charge in [-0.3, -0.25) is 9.58 Å². The van der Waals surface area contributed by atoms with Crippen LogP contribution in [0.25, 0.3) is 0 Å². The molecule has 2 fully saturated rings. The Bertz CT molecular complexity index is 502. The van der Waals surface area contributed by atoms with Crippen LogP contribution in [-0.4, -0.2) is 44.5 Å². The number of aliphatic hydroxyl groups excluding tert-OH is 1. The summed E-state index contributed by atoms with van der Waals surface area (Å²) in [5, 5.41) is 16.1. The van der Waals surface area contributed by atoms with Crippen molar-refractivity contribution in [2.45, 2.75) is 63.5 Å². The number of hydrogen-bond acceptors (Lipinski definition) is 3. The van der Waals surface area contributed by atoms with Gasteiger partial charge in [0.05, 0.1) is 11.8 Å². The molecule has 0 radical (unpaired) electrons. The molecule has 4 nitrogen and oxygen atoms in total. The van der Waals surface area contributed by atoms with Gasteiger partial charge in [-0.15, -0.1) is 0 Å². The summed E-state index contributed by atoms with van der Waals surface area (Å²) in [6, 6.07) is 0. The summed E-state index contributed by atoms with van der Waals surface area (Å²) in [4.78, 5) is 2.55. The van der Waals surface area contributed by atoms with Crippen LogP contribution in [0.3, 0.4) is 0 Å². The molecule has 1 aliphatic heterocycles. The third-order valence-corrected chi connectivity index (χ3v) is 5.97. The largest absolute Gasteiger partial charge is 0.391 e. The molecule has 0 bridgehead atoms. The topological polar surface area (TPSA) is 41.3 Å². The lowest BCUT2D eigenvalue weighted by molar-refractivity contribution is -0.0172. The van der Waals surface area contributed by atoms with Crippen LogP contribution in [-0.2, 0) is 13.5 Å². The molecule has 1 N–H and O–H groups in total. The van der Waals surface area contributed by atoms with E-state index in [0.717, 1.165) is 37.2 Å². The Morgan fingerprint density at radius 1 is 1.24 bits per heavy atom. The summed E-state index contributed by atoms with van der Waals surface area (Å²) in [5.74, 6) is 0. The maximum absolute atomic E-state index is 11.0. The lowest BCUT2D eigenvalue weighted by atomic mass is 9.85. The van der Waals surface area contributed by atoms with Gasteiger partial charge in [-0.2, -0.15) is 5.10 Å². The molecule has 1 atom stereocenters. The van der Waals surface area contributed by atoms with Crippen molar-refractivity contribution in [2.75, 3.05) is 13.1 Å². The molecular weight excluding hydrogens is 286 g/mol. The van der Waals surface area contributed by atoms with Crippen LogP contribution in [0.5, 0.6) is 0 Å². The summed E-state index contributed by atoms with van der Waals surface area (Å²) < 4.78 is 1.70. The van der Waals surface area contributed by atoms with E-state index < -0.39 is 0 Å². The Hall–Kier alpha value is -0.580. The van der Waals surface area contributed by atoms with E-state index in [0.29, 0.717) is 11.6 Å². The first-order valence-corrected chi connectivity index (χ1v) is 8.53. The van der Waals surface area contributed by atoms with Crippen LogP contribution in [0.4, 0.5) is 0 Å². The van der Waals surface area contributed by atoms with Gasteiger partial charge < -0.3 is 5.11 Å². The van der Waals surface area contributed by atoms with E-state index in [-0.39, 0.29) is 11.6 Å². The van der Waals surface area contributed by atoms with Crippen molar-refractivity contribution in [3.05, 3.63) is 16.4 Å². The number of aromatic nitrogens is 2. The highest BCUT2D eigenvalue weighted by molar-refractivity contribution is 6.30. The molecule has 0 aromatic carbocycles. The summed E-state index contributed by atoms with van der Waals surface area (Å²) in [5.41, 5.74) is 1.93. The van der Waals surface area contributed by atoms with Crippen molar-refractivity contribution in [3.63, 3.8) is 0 Å². The number of halogens is 1. The Balaban J connectivity index is 1.83. The number of rotatable bonds is 4. The Kier molecular flexibility index (Phi) is 4.30. The molecule has 2 aliphatic rings. The predicted molar refractivity (Wildman–Crippen MR) is 84.7 cm³/mol. The first-order chi connectivity index (χ1) is 10.0. The van der Waals surface area contributed by atoms with Gasteiger partial charge in [-0.25, -0.2) is 0 Å². The van der Waals surface area contributed by atoms with Crippen molar-refractivity contribution in [1.82, 2.24) is 14.7 Å². The summed E-state index contributed by atoms with van der Waals surface area (Å²) in [7, 11) is 1.86. The lowest BCUT2D eigenvalue weighted by Gasteiger charge is -2.42. The number of likely N-dealkylation sites (tertiary alicyclic amines) is 1. The summed E-state index contributed by atoms with van der Waals surface area (Å²) >= 11 is 6.35. The van der Waals surface area contributed by atoms with Crippen molar-refractivity contribution in [1.29, 1.82) is 0 Å². The lowest BCUT2D eigenvalue weighted by Crippen LogP contribution is -2.54. The first kappa shape index (κ1) is 15.3. The number of aryl methyl sites for hydroxylation is 2. The van der Waals surface area contributed by atoms with Gasteiger partial charge in [0.1, 0.15) is 5.15 Å². The van der Waals surface area contributed by atoms with Crippen LogP contribution in [0.2, 0.25) is 5.15 Å². The summed E-state index contributed by atoms with van der Waals surface area (Å²) in [6.45, 7) is 4.25. The number of nitrogens with zero attached hydrogens (tertiary/aromatic N) is 3. The van der Waals surface area contributed by atoms with Crippen LogP contribution < -0.4 is 0 Å². The number of aliphatic hydroxyl groups is 1. The molecule has 0 amide bonds. The number of hydrogen-bond donors (Lipinski definition) is 1. The molecule has 3 rings (SSSR count). The van der Waals surface area contributed by atoms with E-state index in [4.69, 9.17) is 11.6 Å². The zero-order chi connectivity index (χ0) is 15.0. The normalized spacial score (nSPS) is 23.8. The van der Waals surface area contributed by atoms with Crippen LogP contribution in [0.1, 0.15) is 49.8 Å². The van der Waals surface area contributed by atoms with Gasteiger partial charge in [0.2, 0.25) is 0 Å². The van der Waals surface area contributed by atoms with Crippen molar-refractivity contribution in [3.8, 4) is 0 Å². The zero-order valence-electron chi connectivity index (χ0n) is 13.1. The maximum Gasteiger partial charge on any atom is 0.130 e. The second-order valence-electron chi connectivity index (χ2n) is 6.70. The molecule has 1 aromatic heterocycles. The average Bonchev–Trinajstić information content (AvgIpc) is 3.16. The van der Waals surface area contributed by atoms with E-state index in [1.165, 1.54) is 25.7 Å². The predicted octanol–water partition coefficient (Wildman–Crippen LogP) is 2.69. The van der Waals surface area contributed by atoms with E-state index >= 15 is 0 Å². The molecule has 21 heavy (non-hydrogen) atoms. The first-order valence-electron chi connectivity index (χ1n) is 8.16. The highest BCUT2D eigenvalue weighted by atomic mass is 35.5. The van der Waals surface area contributed by atoms with Crippen LogP contribution in [0.15, 0.2) is 0 Å². The Morgan fingerprint density at radius 2 is 1.86 bits per heavy atom. The molecule has 1 aliphatic carbocycles. The average molecular weight is 312 g/mol. The monoisotopic (exact) mass is 311 g/mol. The van der Waals surface area contributed by atoms with Gasteiger partial charge in [0.15, 0.2) is 0 Å². The Morgan fingerprint density at radius 3 is 2.38 bits per heavy atom. The molecule has 2 heterocycles. The highest BCUT2D eigenvalue weighted by Gasteiger charge is 2.46. The third kappa shape index (κ3) is 2.62. The van der Waals surface area contributed by atoms with Gasteiger partial charge in [-0.1, -0.05) is 24.4 Å². The van der Waals surface area contributed by atoms with E-state index in [1.54, 1.807) is 4.68 Å². The Labute approximate surface area is 132 Å². The smallest absolute Gasteiger partial charge is 0.130 e. The van der Waals surface area contributed by atoms with Crippen molar-refractivity contribution in [2.24, 2.45) is 7.05 Å². The van der Waals surface area contributed by atoms with Crippen LogP contribution in [0, 0.1) is 6.92 Å². The van der Waals surface area contributed by atoms with Gasteiger partial charge in [0, 0.05) is 24.6 Å². The molecule has 0 spiro atoms. The molecule has 118 valence electrons. The highest BCUT2D eigenvalue weighted by Crippen LogP contribution is 2.41. The quantitative estimate of drug-likeness (QED) is 0.929. The SMILES string of the molecule is Cc1nn(C)c(Cl)c1CC(O)C1(N2CCCC2)CCCC1. The van der Waals surface area contributed by atoms with E-state index in [9.17, 15) is 5.11 Å². The second-order valence-corrected chi connectivity index (χ2v) is 7.06. The van der Waals surface area contributed by atoms with Gasteiger partial charge >= 0.3 is 0 Å². The van der Waals surface area contributed by atoms with Crippen molar-refractivity contribution < 1.29 is 5.11 Å². The molecule has 1 saturated carbocycles. The van der Waals surface area contributed by atoms with E-state index in [2.05, 4.69) is 10.00 Å². The summed E-state index contributed by atoms with van der Waals surface area (Å²) in [6.07, 6.45) is 7.49. The standard InChI is InChI=1S/C16H26ClN3O/c1-12-13(15(17)19(2)18-12)11-14(21)16(7-3-4-8-16)20-9-5-6-10-20/h14,21H,3-11H2,1-2H3. The van der Waals surface area contributed by atoms with Crippen molar-refractivity contribution >= 4 is 11.6 Å². The molecule has 1 aromatic rings. The fourth-order valence-corrected chi connectivity index (χ4v) is 4.55. The second kappa shape index (κ2) is 5.90. The fraction of sp³-hybridized carbons (Fsp3) is 0.812. The van der Waals surface area contributed by atoms with Gasteiger partial charge in [0.25, 0.3) is 0 Å². The molecule has 1 unspecified atom stereocenters. The zero-order valence-corrected chi connectivity index (χ0v) is 13.9. The van der Waals surface area contributed by atoms with E-state index in [1.807, 2.05) is 14.0 Å². The molecule has 5 heteroatoms. The fourth-order valence-electron chi connectivity index (χ4n) is 4.30. The molecule has 1 saturated heterocycles. The third-order valence-electron chi connectivity index (χ3n) is 5.49. The maximum atomic E-state index is 11.0.